The maximum Gasteiger partial charge on any atom is 0.251 e. The van der Waals surface area contributed by atoms with E-state index in [1.165, 1.54) is 0 Å². The van der Waals surface area contributed by atoms with Crippen LogP contribution in [-0.2, 0) is 13.2 Å². The molecule has 0 aliphatic carbocycles. The van der Waals surface area contributed by atoms with Gasteiger partial charge in [-0.15, -0.1) is 0 Å². The molecule has 32 heavy (non-hydrogen) atoms. The van der Waals surface area contributed by atoms with Crippen LogP contribution in [0.4, 0.5) is 0 Å². The van der Waals surface area contributed by atoms with Crippen LogP contribution < -0.4 is 10.1 Å². The number of hydrogen-bond acceptors (Lipinski definition) is 5. The first-order valence-electron chi connectivity index (χ1n) is 10.4. The van der Waals surface area contributed by atoms with Crippen molar-refractivity contribution in [2.75, 3.05) is 0 Å². The summed E-state index contributed by atoms with van der Waals surface area (Å²) in [6.45, 7) is 6.65. The van der Waals surface area contributed by atoms with Gasteiger partial charge in [-0.25, -0.2) is 9.97 Å². The number of nitrogens with zero attached hydrogens (tertiary/aromatic N) is 4. The van der Waals surface area contributed by atoms with Crippen LogP contribution in [0.3, 0.4) is 0 Å². The number of ether oxygens (including phenoxy) is 1. The van der Waals surface area contributed by atoms with E-state index in [0.29, 0.717) is 18.7 Å². The number of carbonyl (C=O) groups excluding carboxylic acids is 1. The lowest BCUT2D eigenvalue weighted by atomic mass is 10.0. The summed E-state index contributed by atoms with van der Waals surface area (Å²) < 4.78 is 7.89. The molecule has 3 heterocycles. The molecule has 7 heteroatoms. The maximum absolute atomic E-state index is 12.8. The summed E-state index contributed by atoms with van der Waals surface area (Å²) in [4.78, 5) is 25.5. The molecule has 0 atom stereocenters. The quantitative estimate of drug-likeness (QED) is 0.480. The monoisotopic (exact) mass is 427 g/mol. The van der Waals surface area contributed by atoms with Gasteiger partial charge in [0.25, 0.3) is 5.91 Å². The number of amides is 1. The molecule has 0 fully saturated rings. The topological polar surface area (TPSA) is 81.9 Å². The lowest BCUT2D eigenvalue weighted by molar-refractivity contribution is 0.0950. The summed E-state index contributed by atoms with van der Waals surface area (Å²) in [6.07, 6.45) is 8.85. The first-order chi connectivity index (χ1) is 15.5. The van der Waals surface area contributed by atoms with Crippen LogP contribution in [-0.4, -0.2) is 25.4 Å². The van der Waals surface area contributed by atoms with Crippen molar-refractivity contribution in [3.05, 3.63) is 101 Å². The number of aromatic nitrogens is 4. The van der Waals surface area contributed by atoms with E-state index in [0.717, 1.165) is 39.6 Å². The van der Waals surface area contributed by atoms with Gasteiger partial charge >= 0.3 is 0 Å². The van der Waals surface area contributed by atoms with Crippen LogP contribution in [0.5, 0.6) is 5.75 Å². The van der Waals surface area contributed by atoms with E-state index in [1.807, 2.05) is 67.9 Å². The molecule has 0 spiro atoms. The highest BCUT2D eigenvalue weighted by Crippen LogP contribution is 2.26. The normalized spacial score (nSPS) is 10.7. The summed E-state index contributed by atoms with van der Waals surface area (Å²) in [5, 5.41) is 2.99. The minimum atomic E-state index is -0.132. The number of pyridine rings is 2. The summed E-state index contributed by atoms with van der Waals surface area (Å²) in [5.74, 6) is 2.29. The summed E-state index contributed by atoms with van der Waals surface area (Å²) in [7, 11) is 0. The van der Waals surface area contributed by atoms with E-state index < -0.39 is 0 Å². The SMILES string of the molecule is Cc1cc(C(=O)NCc2ccnc(-n3ccnc3C)c2)cc(C)c1OCc1cccnc1. The molecule has 0 bridgehead atoms. The molecule has 162 valence electrons. The summed E-state index contributed by atoms with van der Waals surface area (Å²) >= 11 is 0. The second-order valence-corrected chi connectivity index (χ2v) is 7.64. The fourth-order valence-corrected chi connectivity index (χ4v) is 3.55. The highest BCUT2D eigenvalue weighted by Gasteiger charge is 2.12. The van der Waals surface area contributed by atoms with Gasteiger partial charge in [0.1, 0.15) is 24.0 Å². The average molecular weight is 428 g/mol. The van der Waals surface area contributed by atoms with E-state index >= 15 is 0 Å². The fourth-order valence-electron chi connectivity index (χ4n) is 3.55. The molecule has 0 unspecified atom stereocenters. The van der Waals surface area contributed by atoms with Crippen molar-refractivity contribution < 1.29 is 9.53 Å². The van der Waals surface area contributed by atoms with Gasteiger partial charge < -0.3 is 10.1 Å². The van der Waals surface area contributed by atoms with Crippen molar-refractivity contribution in [2.24, 2.45) is 0 Å². The van der Waals surface area contributed by atoms with Gasteiger partial charge in [-0.3, -0.25) is 14.3 Å². The predicted molar refractivity (Wildman–Crippen MR) is 122 cm³/mol. The van der Waals surface area contributed by atoms with Gasteiger partial charge in [0.05, 0.1) is 0 Å². The third kappa shape index (κ3) is 4.83. The van der Waals surface area contributed by atoms with E-state index in [9.17, 15) is 4.79 Å². The Morgan fingerprint density at radius 2 is 1.81 bits per heavy atom. The molecule has 1 aromatic carbocycles. The highest BCUT2D eigenvalue weighted by atomic mass is 16.5. The van der Waals surface area contributed by atoms with Gasteiger partial charge in [-0.05, 0) is 67.8 Å². The van der Waals surface area contributed by atoms with Crippen molar-refractivity contribution in [1.82, 2.24) is 24.8 Å². The van der Waals surface area contributed by atoms with Crippen molar-refractivity contribution in [3.63, 3.8) is 0 Å². The van der Waals surface area contributed by atoms with Crippen molar-refractivity contribution >= 4 is 5.91 Å². The number of carbonyl (C=O) groups is 1. The second kappa shape index (κ2) is 9.43. The highest BCUT2D eigenvalue weighted by molar-refractivity contribution is 5.94. The third-order valence-electron chi connectivity index (χ3n) is 5.16. The minimum Gasteiger partial charge on any atom is -0.488 e. The van der Waals surface area contributed by atoms with Crippen LogP contribution >= 0.6 is 0 Å². The molecule has 0 saturated carbocycles. The minimum absolute atomic E-state index is 0.132. The van der Waals surface area contributed by atoms with Crippen molar-refractivity contribution in [1.29, 1.82) is 0 Å². The zero-order valence-electron chi connectivity index (χ0n) is 18.4. The number of rotatable bonds is 7. The van der Waals surface area contributed by atoms with E-state index in [4.69, 9.17) is 4.74 Å². The number of benzene rings is 1. The predicted octanol–water partition coefficient (Wildman–Crippen LogP) is 4.10. The number of hydrogen-bond donors (Lipinski definition) is 1. The Labute approximate surface area is 187 Å². The summed E-state index contributed by atoms with van der Waals surface area (Å²) in [5.41, 5.74) is 4.40. The Hall–Kier alpha value is -4.00. The molecule has 0 saturated heterocycles. The van der Waals surface area contributed by atoms with Crippen LogP contribution in [0.1, 0.15) is 38.4 Å². The van der Waals surface area contributed by atoms with Crippen LogP contribution in [0.25, 0.3) is 5.82 Å². The Kier molecular flexibility index (Phi) is 6.26. The number of aryl methyl sites for hydroxylation is 3. The molecule has 4 rings (SSSR count). The first kappa shape index (κ1) is 21.2. The molecule has 4 aromatic rings. The fraction of sp³-hybridized carbons (Fsp3) is 0.200. The molecule has 0 radical (unpaired) electrons. The first-order valence-corrected chi connectivity index (χ1v) is 10.4. The largest absolute Gasteiger partial charge is 0.488 e. The Bertz CT molecular complexity index is 1210. The lowest BCUT2D eigenvalue weighted by Crippen LogP contribution is -2.23. The average Bonchev–Trinajstić information content (AvgIpc) is 3.23. The lowest BCUT2D eigenvalue weighted by Gasteiger charge is -2.14. The van der Waals surface area contributed by atoms with Crippen molar-refractivity contribution in [2.45, 2.75) is 33.9 Å². The van der Waals surface area contributed by atoms with E-state index in [1.54, 1.807) is 24.8 Å². The van der Waals surface area contributed by atoms with Gasteiger partial charge in [-0.2, -0.15) is 0 Å². The van der Waals surface area contributed by atoms with Gasteiger partial charge in [0.2, 0.25) is 0 Å². The van der Waals surface area contributed by atoms with Crippen LogP contribution in [0.2, 0.25) is 0 Å². The molecule has 1 N–H and O–H groups in total. The zero-order chi connectivity index (χ0) is 22.5. The Morgan fingerprint density at radius 1 is 1.00 bits per heavy atom. The molecule has 0 aliphatic heterocycles. The molecule has 3 aromatic heterocycles. The Balaban J connectivity index is 1.42. The second-order valence-electron chi connectivity index (χ2n) is 7.64. The van der Waals surface area contributed by atoms with Gasteiger partial charge in [-0.1, -0.05) is 6.07 Å². The van der Waals surface area contributed by atoms with Gasteiger partial charge in [0, 0.05) is 48.7 Å². The molecule has 0 aliphatic rings. The van der Waals surface area contributed by atoms with Crippen LogP contribution in [0, 0.1) is 20.8 Å². The summed E-state index contributed by atoms with van der Waals surface area (Å²) in [6, 6.07) is 11.4. The Morgan fingerprint density at radius 3 is 2.50 bits per heavy atom. The van der Waals surface area contributed by atoms with E-state index in [-0.39, 0.29) is 5.91 Å². The van der Waals surface area contributed by atoms with Crippen LogP contribution in [0.15, 0.2) is 67.4 Å². The maximum atomic E-state index is 12.8. The number of imidazole rings is 1. The van der Waals surface area contributed by atoms with Crippen molar-refractivity contribution in [3.8, 4) is 11.6 Å². The standard InChI is InChI=1S/C25H25N5O2/c1-17-11-22(12-18(2)24(17)32-16-21-5-4-7-26-14-21)25(31)29-15-20-6-8-28-23(13-20)30-10-9-27-19(30)3/h4-14H,15-16H2,1-3H3,(H,29,31). The zero-order valence-corrected chi connectivity index (χ0v) is 18.4. The van der Waals surface area contributed by atoms with Gasteiger partial charge in [0.15, 0.2) is 0 Å². The molecule has 1 amide bonds. The molecular weight excluding hydrogens is 402 g/mol. The molecule has 7 nitrogen and oxygen atoms in total. The smallest absolute Gasteiger partial charge is 0.251 e. The molecular formula is C25H25N5O2. The third-order valence-corrected chi connectivity index (χ3v) is 5.16. The number of nitrogens with one attached hydrogen (secondary N) is 1. The van der Waals surface area contributed by atoms with E-state index in [2.05, 4.69) is 20.3 Å².